The number of hydrogen-bond donors (Lipinski definition) is 3. The van der Waals surface area contributed by atoms with Crippen LogP contribution in [0.3, 0.4) is 0 Å². The standard InChI is InChI=1S/C57H89NO3/c1-3-5-7-9-11-13-15-17-19-21-22-23-24-25-26-27-28-29-30-31-32-33-34-35-36-37-39-41-43-45-47-49-51-53-57(61)58-55(54-59)56(60)52-50-48-46-44-42-40-38-20-18-16-14-12-10-8-6-4-2/h5,7,11,13,17-20,22-23,25-26,28-29,31-32,34-35,37,39,42-45,50,52,55-56,59-60H,3-4,6,8-10,12,14-16,21,24,27,30,33,36,38,40-41,46-49,51,53-54H2,1-2H3,(H,58,61)/b7-5-,13-11-,19-17-,20-18+,23-22-,26-25-,29-28-,32-31-,35-34-,39-37-,44-42+,45-43-,52-50+. The van der Waals surface area contributed by atoms with E-state index in [0.717, 1.165) is 109 Å². The predicted octanol–water partition coefficient (Wildman–Crippen LogP) is 15.8. The Morgan fingerprint density at radius 3 is 1.15 bits per heavy atom. The predicted molar refractivity (Wildman–Crippen MR) is 271 cm³/mol. The molecule has 0 aromatic heterocycles. The first-order chi connectivity index (χ1) is 30.2. The van der Waals surface area contributed by atoms with Crippen molar-refractivity contribution in [1.29, 1.82) is 0 Å². The number of amides is 1. The SMILES string of the molecule is CC/C=C\C/C=C\C/C=C\C/C=C\C/C=C\C/C=C\C/C=C\C/C=C\C/C=C\C/C=C\CCCCC(=O)NC(CO)C(O)/C=C/CC/C=C/CC/C=C/CCCCCCCC. The van der Waals surface area contributed by atoms with Gasteiger partial charge in [-0.1, -0.05) is 204 Å². The zero-order valence-electron chi connectivity index (χ0n) is 38.9. The van der Waals surface area contributed by atoms with E-state index in [1.165, 1.54) is 44.9 Å². The van der Waals surface area contributed by atoms with Gasteiger partial charge in [-0.25, -0.2) is 0 Å². The Labute approximate surface area is 376 Å². The van der Waals surface area contributed by atoms with Gasteiger partial charge in [0.05, 0.1) is 18.8 Å². The van der Waals surface area contributed by atoms with Gasteiger partial charge in [-0.15, -0.1) is 0 Å². The van der Waals surface area contributed by atoms with Crippen molar-refractivity contribution in [2.24, 2.45) is 0 Å². The maximum absolute atomic E-state index is 12.4. The average Bonchev–Trinajstić information content (AvgIpc) is 3.26. The van der Waals surface area contributed by atoms with Crippen LogP contribution in [-0.4, -0.2) is 34.9 Å². The van der Waals surface area contributed by atoms with Gasteiger partial charge in [0.15, 0.2) is 0 Å². The summed E-state index contributed by atoms with van der Waals surface area (Å²) < 4.78 is 0. The lowest BCUT2D eigenvalue weighted by Crippen LogP contribution is -2.45. The first kappa shape index (κ1) is 57.0. The molecule has 4 heteroatoms. The summed E-state index contributed by atoms with van der Waals surface area (Å²) in [6, 6.07) is -0.681. The lowest BCUT2D eigenvalue weighted by Gasteiger charge is -2.19. The number of aliphatic hydroxyl groups excluding tert-OH is 2. The van der Waals surface area contributed by atoms with Crippen molar-refractivity contribution in [3.63, 3.8) is 0 Å². The van der Waals surface area contributed by atoms with Crippen LogP contribution < -0.4 is 5.32 Å². The fourth-order valence-electron chi connectivity index (χ4n) is 6.06. The molecule has 0 heterocycles. The van der Waals surface area contributed by atoms with Crippen molar-refractivity contribution >= 4 is 5.91 Å². The molecule has 0 aliphatic rings. The molecule has 4 nitrogen and oxygen atoms in total. The topological polar surface area (TPSA) is 69.6 Å². The monoisotopic (exact) mass is 836 g/mol. The summed E-state index contributed by atoms with van der Waals surface area (Å²) in [7, 11) is 0. The Balaban J connectivity index is 3.81. The van der Waals surface area contributed by atoms with Crippen LogP contribution in [0.4, 0.5) is 0 Å². The van der Waals surface area contributed by atoms with Crippen molar-refractivity contribution in [2.45, 2.75) is 187 Å². The molecule has 0 aromatic rings. The highest BCUT2D eigenvalue weighted by Gasteiger charge is 2.17. The Bertz CT molecular complexity index is 1360. The number of nitrogens with one attached hydrogen (secondary N) is 1. The molecule has 0 saturated carbocycles. The van der Waals surface area contributed by atoms with Gasteiger partial charge in [0.2, 0.25) is 5.91 Å². The van der Waals surface area contributed by atoms with Crippen LogP contribution in [0.1, 0.15) is 174 Å². The van der Waals surface area contributed by atoms with Crippen LogP contribution in [0.15, 0.2) is 158 Å². The minimum Gasteiger partial charge on any atom is -0.394 e. The van der Waals surface area contributed by atoms with Gasteiger partial charge >= 0.3 is 0 Å². The fraction of sp³-hybridized carbons (Fsp3) is 0.526. The highest BCUT2D eigenvalue weighted by molar-refractivity contribution is 5.76. The summed E-state index contributed by atoms with van der Waals surface area (Å²) in [5.74, 6) is -0.129. The van der Waals surface area contributed by atoms with Gasteiger partial charge in [0, 0.05) is 6.42 Å². The van der Waals surface area contributed by atoms with E-state index >= 15 is 0 Å². The van der Waals surface area contributed by atoms with Gasteiger partial charge in [0.1, 0.15) is 0 Å². The highest BCUT2D eigenvalue weighted by Crippen LogP contribution is 2.09. The van der Waals surface area contributed by atoms with Crippen molar-refractivity contribution < 1.29 is 15.0 Å². The van der Waals surface area contributed by atoms with Gasteiger partial charge in [-0.2, -0.15) is 0 Å². The molecule has 0 bridgehead atoms. The third kappa shape index (κ3) is 46.9. The molecule has 61 heavy (non-hydrogen) atoms. The molecule has 2 unspecified atom stereocenters. The summed E-state index contributed by atoms with van der Waals surface area (Å²) >= 11 is 0. The number of carbonyl (C=O) groups excluding carboxylic acids is 1. The van der Waals surface area contributed by atoms with E-state index in [-0.39, 0.29) is 12.5 Å². The first-order valence-corrected chi connectivity index (χ1v) is 24.2. The quantitative estimate of drug-likeness (QED) is 0.0424. The largest absolute Gasteiger partial charge is 0.394 e. The minimum atomic E-state index is -0.900. The molecule has 0 aliphatic heterocycles. The zero-order chi connectivity index (χ0) is 44.2. The van der Waals surface area contributed by atoms with E-state index in [2.05, 4.69) is 165 Å². The molecule has 3 N–H and O–H groups in total. The molecule has 1 amide bonds. The number of hydrogen-bond acceptors (Lipinski definition) is 3. The molecular weight excluding hydrogens is 747 g/mol. The normalized spacial score (nSPS) is 14.4. The number of aliphatic hydroxyl groups is 2. The van der Waals surface area contributed by atoms with Gasteiger partial charge in [-0.3, -0.25) is 4.79 Å². The Morgan fingerprint density at radius 1 is 0.410 bits per heavy atom. The number of carbonyl (C=O) groups is 1. The van der Waals surface area contributed by atoms with E-state index in [4.69, 9.17) is 0 Å². The van der Waals surface area contributed by atoms with Crippen molar-refractivity contribution in [3.05, 3.63) is 158 Å². The fourth-order valence-corrected chi connectivity index (χ4v) is 6.06. The molecule has 0 radical (unpaired) electrons. The molecule has 0 fully saturated rings. The summed E-state index contributed by atoms with van der Waals surface area (Å²) in [6.07, 6.45) is 82.2. The molecule has 0 aromatic carbocycles. The van der Waals surface area contributed by atoms with Crippen LogP contribution in [0.5, 0.6) is 0 Å². The van der Waals surface area contributed by atoms with Gasteiger partial charge < -0.3 is 15.5 Å². The van der Waals surface area contributed by atoms with Crippen LogP contribution in [0.2, 0.25) is 0 Å². The summed E-state index contributed by atoms with van der Waals surface area (Å²) in [4.78, 5) is 12.4. The van der Waals surface area contributed by atoms with E-state index < -0.39 is 12.1 Å². The van der Waals surface area contributed by atoms with Crippen molar-refractivity contribution in [1.82, 2.24) is 5.32 Å². The van der Waals surface area contributed by atoms with E-state index in [9.17, 15) is 15.0 Å². The molecule has 2 atom stereocenters. The lowest BCUT2D eigenvalue weighted by atomic mass is 10.1. The third-order valence-electron chi connectivity index (χ3n) is 9.72. The van der Waals surface area contributed by atoms with Crippen molar-refractivity contribution in [3.8, 4) is 0 Å². The number of allylic oxidation sites excluding steroid dienone is 25. The minimum absolute atomic E-state index is 0.129. The molecule has 0 aliphatic carbocycles. The van der Waals surface area contributed by atoms with Crippen LogP contribution in [0, 0.1) is 0 Å². The summed E-state index contributed by atoms with van der Waals surface area (Å²) in [5.41, 5.74) is 0. The first-order valence-electron chi connectivity index (χ1n) is 24.2. The van der Waals surface area contributed by atoms with Crippen molar-refractivity contribution in [2.75, 3.05) is 6.61 Å². The van der Waals surface area contributed by atoms with Crippen LogP contribution in [-0.2, 0) is 4.79 Å². The second-order valence-corrected chi connectivity index (χ2v) is 15.4. The Hall–Kier alpha value is -3.99. The average molecular weight is 836 g/mol. The van der Waals surface area contributed by atoms with Gasteiger partial charge in [0.25, 0.3) is 0 Å². The summed E-state index contributed by atoms with van der Waals surface area (Å²) in [5, 5.41) is 23.0. The highest BCUT2D eigenvalue weighted by atomic mass is 16.3. The van der Waals surface area contributed by atoms with E-state index in [0.29, 0.717) is 6.42 Å². The zero-order valence-corrected chi connectivity index (χ0v) is 38.9. The molecule has 0 saturated heterocycles. The maximum Gasteiger partial charge on any atom is 0.220 e. The van der Waals surface area contributed by atoms with E-state index in [1.807, 2.05) is 6.08 Å². The Kier molecular flexibility index (Phi) is 47.1. The summed E-state index contributed by atoms with van der Waals surface area (Å²) in [6.45, 7) is 4.13. The maximum atomic E-state index is 12.4. The van der Waals surface area contributed by atoms with Gasteiger partial charge in [-0.05, 0) is 122 Å². The van der Waals surface area contributed by atoms with Crippen LogP contribution in [0.25, 0.3) is 0 Å². The van der Waals surface area contributed by atoms with Crippen LogP contribution >= 0.6 is 0 Å². The van der Waals surface area contributed by atoms with E-state index in [1.54, 1.807) is 6.08 Å². The molecule has 0 rings (SSSR count). The Morgan fingerprint density at radius 2 is 0.738 bits per heavy atom. The number of rotatable bonds is 41. The number of unbranched alkanes of at least 4 members (excludes halogenated alkanes) is 10. The lowest BCUT2D eigenvalue weighted by molar-refractivity contribution is -0.123. The molecular formula is C57H89NO3. The second-order valence-electron chi connectivity index (χ2n) is 15.4. The smallest absolute Gasteiger partial charge is 0.220 e. The molecule has 340 valence electrons. The second kappa shape index (κ2) is 50.4. The molecule has 0 spiro atoms. The third-order valence-corrected chi connectivity index (χ3v) is 9.72.